The Labute approximate surface area is 130 Å². The molecule has 3 rings (SSSR count). The molecule has 0 saturated carbocycles. The predicted molar refractivity (Wildman–Crippen MR) is 86.0 cm³/mol. The molecule has 0 radical (unpaired) electrons. The van der Waals surface area contributed by atoms with Crippen LogP contribution in [0, 0.1) is 0 Å². The maximum absolute atomic E-state index is 6.01. The largest absolute Gasteiger partial charge is 0.354 e. The van der Waals surface area contributed by atoms with Crippen molar-refractivity contribution in [2.24, 2.45) is 0 Å². The van der Waals surface area contributed by atoms with E-state index in [1.54, 1.807) is 0 Å². The van der Waals surface area contributed by atoms with Crippen LogP contribution in [0.25, 0.3) is 0 Å². The van der Waals surface area contributed by atoms with Crippen LogP contribution in [0.5, 0.6) is 0 Å². The zero-order chi connectivity index (χ0) is 14.7. The highest BCUT2D eigenvalue weighted by Crippen LogP contribution is 2.23. The van der Waals surface area contributed by atoms with Gasteiger partial charge in [0, 0.05) is 44.4 Å². The first-order chi connectivity index (χ1) is 10.2. The van der Waals surface area contributed by atoms with Crippen molar-refractivity contribution >= 4 is 17.4 Å². The van der Waals surface area contributed by atoms with Gasteiger partial charge in [0.25, 0.3) is 0 Å². The van der Waals surface area contributed by atoms with Crippen LogP contribution < -0.4 is 4.90 Å². The topological polar surface area (TPSA) is 32.3 Å². The zero-order valence-electron chi connectivity index (χ0n) is 12.2. The third kappa shape index (κ3) is 3.52. The molecule has 0 N–H and O–H groups in total. The number of likely N-dealkylation sites (N-methyl/N-ethyl adjacent to an activating group) is 1. The van der Waals surface area contributed by atoms with E-state index in [1.165, 1.54) is 5.56 Å². The van der Waals surface area contributed by atoms with E-state index < -0.39 is 0 Å². The molecule has 0 bridgehead atoms. The summed E-state index contributed by atoms with van der Waals surface area (Å²) in [6.45, 7) is 4.05. The fraction of sp³-hybridized carbons (Fsp3) is 0.375. The lowest BCUT2D eigenvalue weighted by Gasteiger charge is -2.34. The maximum Gasteiger partial charge on any atom is 0.224 e. The molecule has 5 heteroatoms. The Morgan fingerprint density at radius 1 is 1.10 bits per heavy atom. The Hall–Kier alpha value is -1.65. The van der Waals surface area contributed by atoms with Gasteiger partial charge in [0.1, 0.15) is 5.82 Å². The van der Waals surface area contributed by atoms with E-state index in [-0.39, 0.29) is 0 Å². The second kappa shape index (κ2) is 6.41. The first-order valence-electron chi connectivity index (χ1n) is 7.21. The van der Waals surface area contributed by atoms with Crippen LogP contribution >= 0.6 is 11.6 Å². The van der Waals surface area contributed by atoms with Gasteiger partial charge in [-0.15, -0.1) is 0 Å². The summed E-state index contributed by atoms with van der Waals surface area (Å²) < 4.78 is 0. The number of hydrogen-bond acceptors (Lipinski definition) is 4. The van der Waals surface area contributed by atoms with Gasteiger partial charge < -0.3 is 9.80 Å². The molecular formula is C16H19ClN4. The summed E-state index contributed by atoms with van der Waals surface area (Å²) in [7, 11) is 2.15. The second-order valence-electron chi connectivity index (χ2n) is 5.44. The van der Waals surface area contributed by atoms with Crippen LogP contribution in [0.1, 0.15) is 11.1 Å². The molecule has 0 spiro atoms. The highest BCUT2D eigenvalue weighted by molar-refractivity contribution is 6.28. The summed E-state index contributed by atoms with van der Waals surface area (Å²) in [6, 6.07) is 10.4. The minimum Gasteiger partial charge on any atom is -0.354 e. The van der Waals surface area contributed by atoms with Gasteiger partial charge in [-0.05, 0) is 24.2 Å². The van der Waals surface area contributed by atoms with Gasteiger partial charge in [-0.2, -0.15) is 0 Å². The molecule has 0 amide bonds. The fourth-order valence-corrected chi connectivity index (χ4v) is 2.74. The number of benzene rings is 1. The number of hydrogen-bond donors (Lipinski definition) is 0. The number of rotatable bonds is 3. The van der Waals surface area contributed by atoms with Crippen molar-refractivity contribution in [3.05, 3.63) is 52.9 Å². The Morgan fingerprint density at radius 2 is 1.81 bits per heavy atom. The van der Waals surface area contributed by atoms with Gasteiger partial charge in [-0.25, -0.2) is 9.97 Å². The molecule has 1 saturated heterocycles. The second-order valence-corrected chi connectivity index (χ2v) is 5.78. The van der Waals surface area contributed by atoms with Gasteiger partial charge in [0.15, 0.2) is 0 Å². The van der Waals surface area contributed by atoms with Crippen LogP contribution in [-0.2, 0) is 6.42 Å². The molecule has 1 aromatic heterocycles. The monoisotopic (exact) mass is 302 g/mol. The molecule has 1 aliphatic heterocycles. The van der Waals surface area contributed by atoms with Crippen molar-refractivity contribution in [1.29, 1.82) is 0 Å². The normalized spacial score (nSPS) is 16.2. The van der Waals surface area contributed by atoms with Crippen LogP contribution in [0.15, 0.2) is 36.5 Å². The van der Waals surface area contributed by atoms with Gasteiger partial charge in [0.05, 0.1) is 0 Å². The minimum absolute atomic E-state index is 0.320. The van der Waals surface area contributed by atoms with Gasteiger partial charge in [0.2, 0.25) is 5.28 Å². The summed E-state index contributed by atoms with van der Waals surface area (Å²) in [4.78, 5) is 13.3. The average Bonchev–Trinajstić information content (AvgIpc) is 2.51. The molecule has 1 fully saturated rings. The van der Waals surface area contributed by atoms with E-state index in [0.29, 0.717) is 5.28 Å². The van der Waals surface area contributed by atoms with E-state index in [9.17, 15) is 0 Å². The number of aromatic nitrogens is 2. The first kappa shape index (κ1) is 14.3. The van der Waals surface area contributed by atoms with Crippen LogP contribution in [0.3, 0.4) is 0 Å². The standard InChI is InChI=1S/C16H19ClN4/c1-20-7-9-21(10-8-20)15-14(12-18-16(17)19-15)11-13-5-3-2-4-6-13/h2-6,12H,7-11H2,1H3. The van der Waals surface area contributed by atoms with Crippen molar-refractivity contribution in [3.63, 3.8) is 0 Å². The van der Waals surface area contributed by atoms with E-state index in [0.717, 1.165) is 44.0 Å². The van der Waals surface area contributed by atoms with Gasteiger partial charge in [-0.1, -0.05) is 30.3 Å². The number of piperazine rings is 1. The van der Waals surface area contributed by atoms with Crippen molar-refractivity contribution in [2.75, 3.05) is 38.1 Å². The van der Waals surface area contributed by atoms with E-state index in [1.807, 2.05) is 12.3 Å². The molecule has 21 heavy (non-hydrogen) atoms. The number of halogens is 1. The molecular weight excluding hydrogens is 284 g/mol. The zero-order valence-corrected chi connectivity index (χ0v) is 12.9. The highest BCUT2D eigenvalue weighted by atomic mass is 35.5. The highest BCUT2D eigenvalue weighted by Gasteiger charge is 2.19. The van der Waals surface area contributed by atoms with Crippen LogP contribution in [0.2, 0.25) is 5.28 Å². The molecule has 1 aromatic carbocycles. The lowest BCUT2D eigenvalue weighted by Crippen LogP contribution is -2.45. The molecule has 0 aliphatic carbocycles. The molecule has 0 unspecified atom stereocenters. The summed E-state index contributed by atoms with van der Waals surface area (Å²) in [5, 5.41) is 0.320. The Balaban J connectivity index is 1.86. The molecule has 4 nitrogen and oxygen atoms in total. The van der Waals surface area contributed by atoms with Crippen LogP contribution in [0.4, 0.5) is 5.82 Å². The molecule has 110 valence electrons. The van der Waals surface area contributed by atoms with E-state index in [4.69, 9.17) is 11.6 Å². The first-order valence-corrected chi connectivity index (χ1v) is 7.59. The number of nitrogens with zero attached hydrogens (tertiary/aromatic N) is 4. The average molecular weight is 303 g/mol. The quantitative estimate of drug-likeness (QED) is 0.815. The minimum atomic E-state index is 0.320. The van der Waals surface area contributed by atoms with Crippen molar-refractivity contribution in [2.45, 2.75) is 6.42 Å². The summed E-state index contributed by atoms with van der Waals surface area (Å²) in [6.07, 6.45) is 2.69. The number of anilines is 1. The lowest BCUT2D eigenvalue weighted by molar-refractivity contribution is 0.312. The Morgan fingerprint density at radius 3 is 2.52 bits per heavy atom. The Bertz CT molecular complexity index is 594. The molecule has 2 heterocycles. The van der Waals surface area contributed by atoms with Crippen molar-refractivity contribution in [3.8, 4) is 0 Å². The molecule has 0 atom stereocenters. The van der Waals surface area contributed by atoms with Crippen molar-refractivity contribution < 1.29 is 0 Å². The molecule has 2 aromatic rings. The van der Waals surface area contributed by atoms with Crippen molar-refractivity contribution in [1.82, 2.24) is 14.9 Å². The van der Waals surface area contributed by atoms with Gasteiger partial charge in [-0.3, -0.25) is 0 Å². The van der Waals surface area contributed by atoms with E-state index in [2.05, 4.69) is 51.1 Å². The van der Waals surface area contributed by atoms with E-state index >= 15 is 0 Å². The molecule has 1 aliphatic rings. The summed E-state index contributed by atoms with van der Waals surface area (Å²) in [5.74, 6) is 0.979. The summed E-state index contributed by atoms with van der Waals surface area (Å²) in [5.41, 5.74) is 2.40. The van der Waals surface area contributed by atoms with Gasteiger partial charge >= 0.3 is 0 Å². The fourth-order valence-electron chi connectivity index (χ4n) is 2.61. The predicted octanol–water partition coefficient (Wildman–Crippen LogP) is 2.47. The SMILES string of the molecule is CN1CCN(c2nc(Cl)ncc2Cc2ccccc2)CC1. The smallest absolute Gasteiger partial charge is 0.224 e. The van der Waals surface area contributed by atoms with Crippen LogP contribution in [-0.4, -0.2) is 48.1 Å². The third-order valence-corrected chi connectivity index (χ3v) is 4.03. The summed E-state index contributed by atoms with van der Waals surface area (Å²) >= 11 is 6.01. The lowest BCUT2D eigenvalue weighted by atomic mass is 10.1. The maximum atomic E-state index is 6.01. The third-order valence-electron chi connectivity index (χ3n) is 3.85. The Kier molecular flexibility index (Phi) is 4.36.